The summed E-state index contributed by atoms with van der Waals surface area (Å²) in [5, 5.41) is 7.16. The largest absolute Gasteiger partial charge is 0.454 e. The molecule has 2 unspecified atom stereocenters. The first kappa shape index (κ1) is 19.9. The lowest BCUT2D eigenvalue weighted by Crippen LogP contribution is -2.48. The highest BCUT2D eigenvalue weighted by Crippen LogP contribution is 2.28. The fourth-order valence-electron chi connectivity index (χ4n) is 3.80. The van der Waals surface area contributed by atoms with Gasteiger partial charge in [-0.25, -0.2) is 4.39 Å². The Labute approximate surface area is 168 Å². The minimum Gasteiger partial charge on any atom is -0.454 e. The Balaban J connectivity index is 0.00000210. The van der Waals surface area contributed by atoms with Crippen molar-refractivity contribution in [3.05, 3.63) is 58.9 Å². The van der Waals surface area contributed by atoms with E-state index < -0.39 is 5.82 Å². The molecule has 2 aliphatic rings. The molecule has 7 heteroatoms. The van der Waals surface area contributed by atoms with Crippen LogP contribution in [0.1, 0.15) is 36.0 Å². The number of fused-ring (bicyclic) bond motifs is 2. The minimum absolute atomic E-state index is 0. The molecule has 2 heterocycles. The molecule has 2 N–H and O–H groups in total. The van der Waals surface area contributed by atoms with E-state index in [4.69, 9.17) is 16.3 Å². The Morgan fingerprint density at radius 1 is 1.11 bits per heavy atom. The normalized spacial score (nSPS) is 23.4. The van der Waals surface area contributed by atoms with Crippen LogP contribution in [0.15, 0.2) is 42.5 Å². The van der Waals surface area contributed by atoms with Crippen LogP contribution in [-0.4, -0.2) is 24.0 Å². The molecule has 2 atom stereocenters. The summed E-state index contributed by atoms with van der Waals surface area (Å²) in [5.41, 5.74) is 0.303. The van der Waals surface area contributed by atoms with Gasteiger partial charge in [0, 0.05) is 28.7 Å². The highest BCUT2D eigenvalue weighted by molar-refractivity contribution is 6.30. The van der Waals surface area contributed by atoms with Gasteiger partial charge in [0.05, 0.1) is 0 Å². The van der Waals surface area contributed by atoms with Crippen molar-refractivity contribution < 1.29 is 13.9 Å². The zero-order chi connectivity index (χ0) is 18.1. The molecule has 4 nitrogen and oxygen atoms in total. The number of ether oxygens (including phenoxy) is 1. The predicted octanol–water partition coefficient (Wildman–Crippen LogP) is 4.71. The van der Waals surface area contributed by atoms with E-state index in [9.17, 15) is 9.18 Å². The lowest BCUT2D eigenvalue weighted by molar-refractivity contribution is 0.0923. The molecule has 2 bridgehead atoms. The van der Waals surface area contributed by atoms with Crippen LogP contribution in [0.25, 0.3) is 0 Å². The third kappa shape index (κ3) is 4.72. The number of amides is 1. The lowest BCUT2D eigenvalue weighted by Gasteiger charge is -2.29. The molecule has 2 fully saturated rings. The maximum Gasteiger partial charge on any atom is 0.251 e. The number of hydrogen-bond donors (Lipinski definition) is 2. The first-order valence-corrected chi connectivity index (χ1v) is 9.24. The zero-order valence-electron chi connectivity index (χ0n) is 14.6. The van der Waals surface area contributed by atoms with Gasteiger partial charge in [0.2, 0.25) is 0 Å². The molecular formula is C20H21Cl2FN2O2. The van der Waals surface area contributed by atoms with Crippen LogP contribution in [0.5, 0.6) is 11.5 Å². The average Bonchev–Trinajstić information content (AvgIpc) is 2.97. The fourth-order valence-corrected chi connectivity index (χ4v) is 3.92. The van der Waals surface area contributed by atoms with Gasteiger partial charge in [0.1, 0.15) is 5.75 Å². The molecule has 0 radical (unpaired) electrons. The summed E-state index contributed by atoms with van der Waals surface area (Å²) < 4.78 is 19.9. The molecule has 1 amide bonds. The lowest BCUT2D eigenvalue weighted by atomic mass is 9.99. The topological polar surface area (TPSA) is 50.4 Å². The molecule has 27 heavy (non-hydrogen) atoms. The van der Waals surface area contributed by atoms with Crippen molar-refractivity contribution in [1.82, 2.24) is 10.6 Å². The third-order valence-corrected chi connectivity index (χ3v) is 5.30. The molecule has 2 aliphatic heterocycles. The third-order valence-electron chi connectivity index (χ3n) is 5.04. The molecule has 0 aliphatic carbocycles. The van der Waals surface area contributed by atoms with Crippen LogP contribution in [0.3, 0.4) is 0 Å². The van der Waals surface area contributed by atoms with E-state index in [0.29, 0.717) is 28.4 Å². The van der Waals surface area contributed by atoms with Gasteiger partial charge in [-0.3, -0.25) is 4.79 Å². The maximum absolute atomic E-state index is 14.3. The molecule has 0 saturated carbocycles. The van der Waals surface area contributed by atoms with Gasteiger partial charge < -0.3 is 15.4 Å². The summed E-state index contributed by atoms with van der Waals surface area (Å²) in [4.78, 5) is 12.5. The maximum atomic E-state index is 14.3. The van der Waals surface area contributed by atoms with Crippen LogP contribution in [0, 0.1) is 5.82 Å². The molecule has 4 rings (SSSR count). The SMILES string of the molecule is Cl.O=C(NC1CC2CCC(C1)N2)c1ccc(Oc2ccc(Cl)cc2)c(F)c1. The van der Waals surface area contributed by atoms with E-state index in [1.54, 1.807) is 30.3 Å². The van der Waals surface area contributed by atoms with E-state index in [1.807, 2.05) is 0 Å². The van der Waals surface area contributed by atoms with Gasteiger partial charge in [-0.2, -0.15) is 0 Å². The molecule has 2 aromatic rings. The molecular weight excluding hydrogens is 390 g/mol. The second-order valence-electron chi connectivity index (χ2n) is 6.98. The van der Waals surface area contributed by atoms with E-state index >= 15 is 0 Å². The summed E-state index contributed by atoms with van der Waals surface area (Å²) in [6.07, 6.45) is 4.20. The quantitative estimate of drug-likeness (QED) is 0.767. The standard InChI is InChI=1S/C20H20ClFN2O2.ClH/c21-13-2-6-17(7-3-13)26-19-8-1-12(9-18(19)22)20(25)24-16-10-14-4-5-15(11-16)23-14;/h1-3,6-9,14-16,23H,4-5,10-11H2,(H,24,25);1H. The van der Waals surface area contributed by atoms with E-state index in [0.717, 1.165) is 12.8 Å². The van der Waals surface area contributed by atoms with Crippen molar-refractivity contribution in [2.45, 2.75) is 43.8 Å². The summed E-state index contributed by atoms with van der Waals surface area (Å²) in [6, 6.07) is 12.1. The smallest absolute Gasteiger partial charge is 0.251 e. The number of halogens is 3. The molecule has 2 aromatic carbocycles. The van der Waals surface area contributed by atoms with Gasteiger partial charge in [-0.15, -0.1) is 12.4 Å². The predicted molar refractivity (Wildman–Crippen MR) is 106 cm³/mol. The Bertz CT molecular complexity index is 804. The number of benzene rings is 2. The average molecular weight is 411 g/mol. The van der Waals surface area contributed by atoms with Crippen LogP contribution < -0.4 is 15.4 Å². The van der Waals surface area contributed by atoms with Gasteiger partial charge in [-0.05, 0) is 68.1 Å². The van der Waals surface area contributed by atoms with Gasteiger partial charge in [0.15, 0.2) is 11.6 Å². The van der Waals surface area contributed by atoms with Crippen molar-refractivity contribution in [1.29, 1.82) is 0 Å². The van der Waals surface area contributed by atoms with Crippen molar-refractivity contribution in [2.24, 2.45) is 0 Å². The fraction of sp³-hybridized carbons (Fsp3) is 0.350. The van der Waals surface area contributed by atoms with Crippen molar-refractivity contribution in [3.8, 4) is 11.5 Å². The van der Waals surface area contributed by atoms with E-state index in [2.05, 4.69) is 10.6 Å². The second kappa shape index (κ2) is 8.46. The van der Waals surface area contributed by atoms with Gasteiger partial charge >= 0.3 is 0 Å². The summed E-state index contributed by atoms with van der Waals surface area (Å²) in [7, 11) is 0. The molecule has 2 saturated heterocycles. The van der Waals surface area contributed by atoms with Crippen LogP contribution >= 0.6 is 24.0 Å². The van der Waals surface area contributed by atoms with Gasteiger partial charge in [-0.1, -0.05) is 11.6 Å². The number of nitrogens with one attached hydrogen (secondary N) is 2. The van der Waals surface area contributed by atoms with Crippen LogP contribution in [0.4, 0.5) is 4.39 Å². The van der Waals surface area contributed by atoms with Crippen molar-refractivity contribution in [2.75, 3.05) is 0 Å². The first-order chi connectivity index (χ1) is 12.6. The highest BCUT2D eigenvalue weighted by Gasteiger charge is 2.34. The number of rotatable bonds is 4. The Kier molecular flexibility index (Phi) is 6.25. The van der Waals surface area contributed by atoms with Crippen LogP contribution in [-0.2, 0) is 0 Å². The Morgan fingerprint density at radius 2 is 1.78 bits per heavy atom. The second-order valence-corrected chi connectivity index (χ2v) is 7.42. The number of hydrogen-bond acceptors (Lipinski definition) is 3. The first-order valence-electron chi connectivity index (χ1n) is 8.87. The van der Waals surface area contributed by atoms with Gasteiger partial charge in [0.25, 0.3) is 5.91 Å². The number of piperidine rings is 1. The van der Waals surface area contributed by atoms with Crippen molar-refractivity contribution >= 4 is 29.9 Å². The van der Waals surface area contributed by atoms with Crippen LogP contribution in [0.2, 0.25) is 5.02 Å². The van der Waals surface area contributed by atoms with E-state index in [1.165, 1.54) is 25.0 Å². The summed E-state index contributed by atoms with van der Waals surface area (Å²) in [5.74, 6) is -0.259. The number of carbonyl (C=O) groups excluding carboxylic acids is 1. The monoisotopic (exact) mass is 410 g/mol. The minimum atomic E-state index is -0.571. The Morgan fingerprint density at radius 3 is 2.41 bits per heavy atom. The summed E-state index contributed by atoms with van der Waals surface area (Å²) in [6.45, 7) is 0. The molecule has 0 aromatic heterocycles. The summed E-state index contributed by atoms with van der Waals surface area (Å²) >= 11 is 5.83. The molecule has 144 valence electrons. The highest BCUT2D eigenvalue weighted by atomic mass is 35.5. The Hall–Kier alpha value is -1.82. The van der Waals surface area contributed by atoms with Crippen molar-refractivity contribution in [3.63, 3.8) is 0 Å². The van der Waals surface area contributed by atoms with E-state index in [-0.39, 0.29) is 30.1 Å². The zero-order valence-corrected chi connectivity index (χ0v) is 16.2. The molecule has 0 spiro atoms. The number of carbonyl (C=O) groups is 1.